The van der Waals surface area contributed by atoms with Crippen molar-refractivity contribution in [3.8, 4) is 28.1 Å². The Bertz CT molecular complexity index is 1140. The number of nitrogens with zero attached hydrogens (tertiary/aromatic N) is 3. The van der Waals surface area contributed by atoms with Gasteiger partial charge in [-0.05, 0) is 42.3 Å². The number of fused-ring (bicyclic) bond motifs is 1. The molecule has 134 valence electrons. The van der Waals surface area contributed by atoms with Gasteiger partial charge in [0, 0.05) is 35.6 Å². The van der Waals surface area contributed by atoms with Crippen molar-refractivity contribution in [1.82, 2.24) is 30.7 Å². The molecule has 0 fully saturated rings. The molecule has 4 N–H and O–H groups in total. The Morgan fingerprint density at radius 3 is 2.74 bits per heavy atom. The van der Waals surface area contributed by atoms with E-state index in [1.54, 1.807) is 18.5 Å². The van der Waals surface area contributed by atoms with Gasteiger partial charge in [0.05, 0.1) is 17.4 Å². The standard InChI is InChI=1S/C20H18N6O/c27-19-7-13(14-9-23-24-10-14)1-2-15(19)17-8-18-20(26-25-17)16(11-22-18)12-3-5-21-6-4-12/h1-3,7-11,21-22,27H,4-6H2,(H,23,24). The predicted octanol–water partition coefficient (Wildman–Crippen LogP) is 3.10. The van der Waals surface area contributed by atoms with Crippen LogP contribution in [0.2, 0.25) is 0 Å². The summed E-state index contributed by atoms with van der Waals surface area (Å²) in [4.78, 5) is 3.29. The van der Waals surface area contributed by atoms with Gasteiger partial charge in [-0.15, -0.1) is 10.2 Å². The summed E-state index contributed by atoms with van der Waals surface area (Å²) in [6.45, 7) is 1.85. The fourth-order valence-corrected chi connectivity index (χ4v) is 3.50. The van der Waals surface area contributed by atoms with Crippen LogP contribution in [-0.2, 0) is 0 Å². The van der Waals surface area contributed by atoms with E-state index < -0.39 is 0 Å². The molecule has 0 bridgehead atoms. The van der Waals surface area contributed by atoms with Crippen LogP contribution in [0, 0.1) is 0 Å². The van der Waals surface area contributed by atoms with Crippen LogP contribution in [0.25, 0.3) is 39.0 Å². The lowest BCUT2D eigenvalue weighted by Gasteiger charge is -2.12. The lowest BCUT2D eigenvalue weighted by Crippen LogP contribution is -2.19. The van der Waals surface area contributed by atoms with E-state index in [0.29, 0.717) is 11.3 Å². The van der Waals surface area contributed by atoms with Crippen LogP contribution in [-0.4, -0.2) is 43.6 Å². The van der Waals surface area contributed by atoms with Crippen LogP contribution in [0.3, 0.4) is 0 Å². The smallest absolute Gasteiger partial charge is 0.125 e. The zero-order valence-electron chi connectivity index (χ0n) is 14.5. The first-order chi connectivity index (χ1) is 13.3. The fourth-order valence-electron chi connectivity index (χ4n) is 3.50. The number of hydrogen-bond acceptors (Lipinski definition) is 5. The second-order valence-electron chi connectivity index (χ2n) is 6.60. The van der Waals surface area contributed by atoms with Crippen LogP contribution < -0.4 is 5.32 Å². The minimum absolute atomic E-state index is 0.162. The van der Waals surface area contributed by atoms with Crippen molar-refractivity contribution in [2.24, 2.45) is 0 Å². The van der Waals surface area contributed by atoms with Crippen molar-refractivity contribution >= 4 is 16.6 Å². The van der Waals surface area contributed by atoms with Crippen molar-refractivity contribution in [3.63, 3.8) is 0 Å². The fraction of sp³-hybridized carbons (Fsp3) is 0.150. The highest BCUT2D eigenvalue weighted by molar-refractivity contribution is 5.91. The number of H-pyrrole nitrogens is 2. The molecule has 0 radical (unpaired) electrons. The lowest BCUT2D eigenvalue weighted by molar-refractivity contribution is 0.477. The SMILES string of the molecule is Oc1cc(-c2cn[nH]c2)ccc1-c1cc2[nH]cc(C3=CCNCC3)c2nn1. The average molecular weight is 358 g/mol. The molecule has 1 aromatic carbocycles. The van der Waals surface area contributed by atoms with Gasteiger partial charge in [-0.25, -0.2) is 0 Å². The molecule has 7 heteroatoms. The quantitative estimate of drug-likeness (QED) is 0.451. The molecule has 0 saturated carbocycles. The van der Waals surface area contributed by atoms with E-state index in [9.17, 15) is 5.11 Å². The number of phenols is 1. The number of benzene rings is 1. The molecule has 0 amide bonds. The number of aromatic hydroxyl groups is 1. The zero-order chi connectivity index (χ0) is 18.2. The number of phenolic OH excluding ortho intramolecular Hbond substituents is 1. The Kier molecular flexibility index (Phi) is 3.72. The molecule has 0 aliphatic carbocycles. The van der Waals surface area contributed by atoms with Crippen molar-refractivity contribution < 1.29 is 5.11 Å². The van der Waals surface area contributed by atoms with Gasteiger partial charge < -0.3 is 15.4 Å². The third-order valence-corrected chi connectivity index (χ3v) is 4.94. The number of rotatable bonds is 3. The summed E-state index contributed by atoms with van der Waals surface area (Å²) in [6.07, 6.45) is 8.67. The van der Waals surface area contributed by atoms with E-state index >= 15 is 0 Å². The molecular formula is C20H18N6O. The molecule has 0 unspecified atom stereocenters. The first-order valence-corrected chi connectivity index (χ1v) is 8.87. The van der Waals surface area contributed by atoms with Gasteiger partial charge in [0.2, 0.25) is 0 Å². The second-order valence-corrected chi connectivity index (χ2v) is 6.60. The molecule has 0 spiro atoms. The Hall–Kier alpha value is -3.45. The van der Waals surface area contributed by atoms with Crippen molar-refractivity contribution in [2.45, 2.75) is 6.42 Å². The third kappa shape index (κ3) is 2.78. The van der Waals surface area contributed by atoms with Crippen molar-refractivity contribution in [3.05, 3.63) is 54.5 Å². The number of nitrogens with one attached hydrogen (secondary N) is 3. The molecule has 27 heavy (non-hydrogen) atoms. The highest BCUT2D eigenvalue weighted by Gasteiger charge is 2.15. The summed E-state index contributed by atoms with van der Waals surface area (Å²) in [6, 6.07) is 7.44. The molecule has 3 aromatic heterocycles. The molecule has 4 heterocycles. The topological polar surface area (TPSA) is 103 Å². The minimum Gasteiger partial charge on any atom is -0.507 e. The van der Waals surface area contributed by atoms with Crippen LogP contribution in [0.4, 0.5) is 0 Å². The van der Waals surface area contributed by atoms with E-state index in [4.69, 9.17) is 0 Å². The van der Waals surface area contributed by atoms with Gasteiger partial charge >= 0.3 is 0 Å². The van der Waals surface area contributed by atoms with Crippen molar-refractivity contribution in [1.29, 1.82) is 0 Å². The summed E-state index contributed by atoms with van der Waals surface area (Å²) in [5.41, 5.74) is 7.25. The molecule has 7 nitrogen and oxygen atoms in total. The number of hydrogen-bond donors (Lipinski definition) is 4. The van der Waals surface area contributed by atoms with E-state index in [1.165, 1.54) is 5.57 Å². The highest BCUT2D eigenvalue weighted by atomic mass is 16.3. The number of aromatic amines is 2. The van der Waals surface area contributed by atoms with E-state index in [1.807, 2.05) is 24.4 Å². The molecule has 1 aliphatic rings. The Labute approximate surface area is 155 Å². The van der Waals surface area contributed by atoms with Gasteiger partial charge in [-0.2, -0.15) is 5.10 Å². The summed E-state index contributed by atoms with van der Waals surface area (Å²) in [7, 11) is 0. The van der Waals surface area contributed by atoms with E-state index in [2.05, 4.69) is 36.8 Å². The van der Waals surface area contributed by atoms with Gasteiger partial charge in [0.15, 0.2) is 0 Å². The number of aromatic nitrogens is 5. The van der Waals surface area contributed by atoms with Crippen LogP contribution >= 0.6 is 0 Å². The molecule has 1 aliphatic heterocycles. The van der Waals surface area contributed by atoms with E-state index in [-0.39, 0.29) is 5.75 Å². The maximum atomic E-state index is 10.5. The minimum atomic E-state index is 0.162. The van der Waals surface area contributed by atoms with Gasteiger partial charge in [0.25, 0.3) is 0 Å². The lowest BCUT2D eigenvalue weighted by atomic mass is 10.0. The Morgan fingerprint density at radius 2 is 1.96 bits per heavy atom. The zero-order valence-corrected chi connectivity index (χ0v) is 14.5. The first kappa shape index (κ1) is 15.8. The Balaban J connectivity index is 1.53. The molecule has 4 aromatic rings. The summed E-state index contributed by atoms with van der Waals surface area (Å²) in [5, 5.41) is 29.3. The van der Waals surface area contributed by atoms with Crippen LogP contribution in [0.5, 0.6) is 5.75 Å². The molecule has 0 atom stereocenters. The van der Waals surface area contributed by atoms with Crippen LogP contribution in [0.1, 0.15) is 12.0 Å². The van der Waals surface area contributed by atoms with Gasteiger partial charge in [0.1, 0.15) is 11.3 Å². The largest absolute Gasteiger partial charge is 0.507 e. The summed E-state index contributed by atoms with van der Waals surface area (Å²) >= 11 is 0. The summed E-state index contributed by atoms with van der Waals surface area (Å²) < 4.78 is 0. The maximum Gasteiger partial charge on any atom is 0.125 e. The van der Waals surface area contributed by atoms with Gasteiger partial charge in [-0.1, -0.05) is 12.1 Å². The molecule has 0 saturated heterocycles. The monoisotopic (exact) mass is 358 g/mol. The molecule has 5 rings (SSSR count). The highest BCUT2D eigenvalue weighted by Crippen LogP contribution is 2.34. The maximum absolute atomic E-state index is 10.5. The first-order valence-electron chi connectivity index (χ1n) is 8.87. The average Bonchev–Trinajstić information content (AvgIpc) is 3.38. The Morgan fingerprint density at radius 1 is 1.00 bits per heavy atom. The predicted molar refractivity (Wildman–Crippen MR) is 104 cm³/mol. The van der Waals surface area contributed by atoms with Crippen molar-refractivity contribution in [2.75, 3.05) is 13.1 Å². The van der Waals surface area contributed by atoms with E-state index in [0.717, 1.165) is 47.2 Å². The summed E-state index contributed by atoms with van der Waals surface area (Å²) in [5.74, 6) is 0.162. The molecular weight excluding hydrogens is 340 g/mol. The second kappa shape index (κ2) is 6.37. The third-order valence-electron chi connectivity index (χ3n) is 4.94. The normalized spacial score (nSPS) is 14.4. The van der Waals surface area contributed by atoms with Gasteiger partial charge in [-0.3, -0.25) is 5.10 Å². The van der Waals surface area contributed by atoms with Crippen LogP contribution in [0.15, 0.2) is 48.9 Å².